The van der Waals surface area contributed by atoms with Gasteiger partial charge in [0.15, 0.2) is 6.61 Å². The van der Waals surface area contributed by atoms with Crippen LogP contribution in [0, 0.1) is 11.6 Å². The SMILES string of the molecule is COCC(C)NC(=O)COC(=O)c1cc(F)c(N)cc1F. The number of amides is 1. The summed E-state index contributed by atoms with van der Waals surface area (Å²) in [4.78, 5) is 23.0. The molecule has 1 unspecified atom stereocenters. The first-order valence-electron chi connectivity index (χ1n) is 6.05. The van der Waals surface area contributed by atoms with E-state index >= 15 is 0 Å². The van der Waals surface area contributed by atoms with Gasteiger partial charge >= 0.3 is 5.97 Å². The van der Waals surface area contributed by atoms with Crippen LogP contribution in [0.5, 0.6) is 0 Å². The van der Waals surface area contributed by atoms with Gasteiger partial charge in [-0.25, -0.2) is 13.6 Å². The van der Waals surface area contributed by atoms with Crippen LogP contribution in [0.3, 0.4) is 0 Å². The fourth-order valence-electron chi connectivity index (χ4n) is 1.54. The Morgan fingerprint density at radius 3 is 2.62 bits per heavy atom. The molecule has 0 fully saturated rings. The molecule has 21 heavy (non-hydrogen) atoms. The molecule has 8 heteroatoms. The van der Waals surface area contributed by atoms with Gasteiger partial charge < -0.3 is 20.5 Å². The number of hydrogen-bond donors (Lipinski definition) is 2. The molecule has 1 aromatic carbocycles. The van der Waals surface area contributed by atoms with Gasteiger partial charge in [-0.1, -0.05) is 0 Å². The Morgan fingerprint density at radius 1 is 1.33 bits per heavy atom. The zero-order valence-corrected chi connectivity index (χ0v) is 11.6. The summed E-state index contributed by atoms with van der Waals surface area (Å²) < 4.78 is 36.1. The molecule has 0 spiro atoms. The Hall–Kier alpha value is -2.22. The van der Waals surface area contributed by atoms with Gasteiger partial charge in [0.05, 0.1) is 17.9 Å². The number of hydrogen-bond acceptors (Lipinski definition) is 5. The molecule has 0 bridgehead atoms. The predicted molar refractivity (Wildman–Crippen MR) is 70.5 cm³/mol. The number of rotatable bonds is 6. The second-order valence-corrected chi connectivity index (χ2v) is 4.35. The normalized spacial score (nSPS) is 11.8. The fourth-order valence-corrected chi connectivity index (χ4v) is 1.54. The van der Waals surface area contributed by atoms with Crippen LogP contribution in [0.25, 0.3) is 0 Å². The lowest BCUT2D eigenvalue weighted by Crippen LogP contribution is -2.38. The molecule has 1 atom stereocenters. The van der Waals surface area contributed by atoms with Crippen molar-refractivity contribution in [3.05, 3.63) is 29.3 Å². The van der Waals surface area contributed by atoms with Gasteiger partial charge in [0, 0.05) is 19.2 Å². The van der Waals surface area contributed by atoms with E-state index in [9.17, 15) is 18.4 Å². The molecule has 0 heterocycles. The molecule has 0 aliphatic rings. The van der Waals surface area contributed by atoms with Gasteiger partial charge in [-0.2, -0.15) is 0 Å². The summed E-state index contributed by atoms with van der Waals surface area (Å²) in [5.41, 5.74) is 4.11. The Labute approximate surface area is 120 Å². The zero-order valence-electron chi connectivity index (χ0n) is 11.6. The fraction of sp³-hybridized carbons (Fsp3) is 0.385. The van der Waals surface area contributed by atoms with Crippen LogP contribution < -0.4 is 11.1 Å². The van der Waals surface area contributed by atoms with E-state index in [1.807, 2.05) is 0 Å². The van der Waals surface area contributed by atoms with Crippen LogP contribution in [-0.4, -0.2) is 38.2 Å². The highest BCUT2D eigenvalue weighted by Gasteiger charge is 2.18. The molecular weight excluding hydrogens is 286 g/mol. The van der Waals surface area contributed by atoms with Crippen molar-refractivity contribution >= 4 is 17.6 Å². The van der Waals surface area contributed by atoms with E-state index in [2.05, 4.69) is 10.1 Å². The highest BCUT2D eigenvalue weighted by atomic mass is 19.1. The van der Waals surface area contributed by atoms with Crippen LogP contribution in [0.2, 0.25) is 0 Å². The summed E-state index contributed by atoms with van der Waals surface area (Å²) in [6.45, 7) is 1.37. The van der Waals surface area contributed by atoms with Gasteiger partial charge in [0.1, 0.15) is 11.6 Å². The minimum atomic E-state index is -1.15. The molecule has 3 N–H and O–H groups in total. The van der Waals surface area contributed by atoms with E-state index in [4.69, 9.17) is 10.5 Å². The quantitative estimate of drug-likeness (QED) is 0.600. The van der Waals surface area contributed by atoms with Crippen molar-refractivity contribution in [3.8, 4) is 0 Å². The molecule has 0 saturated carbocycles. The zero-order chi connectivity index (χ0) is 16.0. The van der Waals surface area contributed by atoms with Crippen LogP contribution in [-0.2, 0) is 14.3 Å². The number of halogens is 2. The number of carbonyl (C=O) groups excluding carboxylic acids is 2. The molecule has 0 aliphatic heterocycles. The van der Waals surface area contributed by atoms with Crippen molar-refractivity contribution in [2.45, 2.75) is 13.0 Å². The van der Waals surface area contributed by atoms with Gasteiger partial charge in [-0.3, -0.25) is 4.79 Å². The van der Waals surface area contributed by atoms with Crippen LogP contribution in [0.4, 0.5) is 14.5 Å². The summed E-state index contributed by atoms with van der Waals surface area (Å²) in [7, 11) is 1.47. The Balaban J connectivity index is 2.58. The molecule has 1 amide bonds. The summed E-state index contributed by atoms with van der Waals surface area (Å²) in [6.07, 6.45) is 0. The third-order valence-electron chi connectivity index (χ3n) is 2.46. The molecule has 6 nitrogen and oxygen atoms in total. The van der Waals surface area contributed by atoms with Crippen molar-refractivity contribution < 1.29 is 27.8 Å². The number of carbonyl (C=O) groups is 2. The van der Waals surface area contributed by atoms with Crippen molar-refractivity contribution in [3.63, 3.8) is 0 Å². The minimum absolute atomic E-state index is 0.271. The van der Waals surface area contributed by atoms with Crippen molar-refractivity contribution in [2.24, 2.45) is 0 Å². The van der Waals surface area contributed by atoms with E-state index in [0.717, 1.165) is 0 Å². The summed E-state index contributed by atoms with van der Waals surface area (Å²) >= 11 is 0. The predicted octanol–water partition coefficient (Wildman–Crippen LogP) is 0.855. The van der Waals surface area contributed by atoms with E-state index in [1.54, 1.807) is 6.92 Å². The highest BCUT2D eigenvalue weighted by Crippen LogP contribution is 2.17. The molecule has 0 aliphatic carbocycles. The molecule has 1 rings (SSSR count). The Bertz CT molecular complexity index is 537. The molecule has 1 aromatic rings. The lowest BCUT2D eigenvalue weighted by molar-refractivity contribution is -0.125. The monoisotopic (exact) mass is 302 g/mol. The first-order valence-corrected chi connectivity index (χ1v) is 6.05. The average molecular weight is 302 g/mol. The Kier molecular flexibility index (Phi) is 6.04. The topological polar surface area (TPSA) is 90.6 Å². The maximum Gasteiger partial charge on any atom is 0.341 e. The average Bonchev–Trinajstić information content (AvgIpc) is 2.40. The van der Waals surface area contributed by atoms with Crippen LogP contribution in [0.1, 0.15) is 17.3 Å². The van der Waals surface area contributed by atoms with E-state index in [0.29, 0.717) is 12.1 Å². The number of nitrogens with one attached hydrogen (secondary N) is 1. The summed E-state index contributed by atoms with van der Waals surface area (Å²) in [5, 5.41) is 2.49. The maximum atomic E-state index is 13.5. The lowest BCUT2D eigenvalue weighted by Gasteiger charge is -2.12. The Morgan fingerprint density at radius 2 is 2.00 bits per heavy atom. The number of ether oxygens (including phenoxy) is 2. The number of anilines is 1. The van der Waals surface area contributed by atoms with Crippen LogP contribution in [0.15, 0.2) is 12.1 Å². The number of nitrogen functional groups attached to an aromatic ring is 1. The maximum absolute atomic E-state index is 13.5. The number of esters is 1. The number of methoxy groups -OCH3 is 1. The second-order valence-electron chi connectivity index (χ2n) is 4.35. The first kappa shape index (κ1) is 16.8. The highest BCUT2D eigenvalue weighted by molar-refractivity contribution is 5.92. The van der Waals surface area contributed by atoms with Crippen molar-refractivity contribution in [1.82, 2.24) is 5.32 Å². The third-order valence-corrected chi connectivity index (χ3v) is 2.46. The van der Waals surface area contributed by atoms with Gasteiger partial charge in [0.2, 0.25) is 0 Å². The van der Waals surface area contributed by atoms with E-state index < -0.39 is 41.4 Å². The number of nitrogens with two attached hydrogens (primary N) is 1. The molecule has 0 radical (unpaired) electrons. The van der Waals surface area contributed by atoms with Gasteiger partial charge in [-0.15, -0.1) is 0 Å². The lowest BCUT2D eigenvalue weighted by atomic mass is 10.2. The van der Waals surface area contributed by atoms with Crippen LogP contribution >= 0.6 is 0 Å². The molecule has 116 valence electrons. The third kappa shape index (κ3) is 4.99. The van der Waals surface area contributed by atoms with Crippen molar-refractivity contribution in [1.29, 1.82) is 0 Å². The second kappa shape index (κ2) is 7.53. The summed E-state index contributed by atoms with van der Waals surface area (Å²) in [6, 6.07) is 1.03. The largest absolute Gasteiger partial charge is 0.452 e. The molecule has 0 aromatic heterocycles. The van der Waals surface area contributed by atoms with Gasteiger partial charge in [-0.05, 0) is 13.0 Å². The van der Waals surface area contributed by atoms with E-state index in [1.165, 1.54) is 7.11 Å². The summed E-state index contributed by atoms with van der Waals surface area (Å²) in [5.74, 6) is -3.70. The van der Waals surface area contributed by atoms with E-state index in [-0.39, 0.29) is 12.6 Å². The van der Waals surface area contributed by atoms with Crippen molar-refractivity contribution in [2.75, 3.05) is 26.1 Å². The minimum Gasteiger partial charge on any atom is -0.452 e. The number of benzene rings is 1. The first-order chi connectivity index (χ1) is 9.85. The molecular formula is C13H16F2N2O4. The smallest absolute Gasteiger partial charge is 0.341 e. The standard InChI is InChI=1S/C13H16F2N2O4/c1-7(5-20-2)17-12(18)6-21-13(19)8-3-10(15)11(16)4-9(8)14/h3-4,7H,5-6,16H2,1-2H3,(H,17,18). The van der Waals surface area contributed by atoms with Gasteiger partial charge in [0.25, 0.3) is 5.91 Å². The molecule has 0 saturated heterocycles.